The largest absolute Gasteiger partial charge is 0.342 e. The molecule has 0 spiro atoms. The first-order chi connectivity index (χ1) is 13.7. The van der Waals surface area contributed by atoms with Crippen LogP contribution >= 0.6 is 0 Å². The highest BCUT2D eigenvalue weighted by Crippen LogP contribution is 2.26. The molecule has 1 aromatic carbocycles. The van der Waals surface area contributed by atoms with Crippen molar-refractivity contribution in [1.29, 1.82) is 0 Å². The molecule has 4 rings (SSSR count). The van der Waals surface area contributed by atoms with Gasteiger partial charge in [0.2, 0.25) is 0 Å². The lowest BCUT2D eigenvalue weighted by Gasteiger charge is -2.17. The standard InChI is InChI=1S/C22H21N5O/c1-3-12-26(2)22(28)18-13-20(25-19-9-5-4-8-17(18)19)16-14-24-27(15-16)21-10-6-7-11-23-21/h4-11,13-15H,3,12H2,1-2H3. The van der Waals surface area contributed by atoms with E-state index < -0.39 is 0 Å². The summed E-state index contributed by atoms with van der Waals surface area (Å²) in [6.45, 7) is 2.77. The van der Waals surface area contributed by atoms with E-state index in [1.807, 2.05) is 61.8 Å². The maximum Gasteiger partial charge on any atom is 0.254 e. The summed E-state index contributed by atoms with van der Waals surface area (Å²) in [6.07, 6.45) is 6.26. The first-order valence-corrected chi connectivity index (χ1v) is 9.29. The number of amides is 1. The summed E-state index contributed by atoms with van der Waals surface area (Å²) in [6, 6.07) is 15.3. The predicted octanol–water partition coefficient (Wildman–Crippen LogP) is 3.96. The van der Waals surface area contributed by atoms with E-state index in [-0.39, 0.29) is 5.91 Å². The Kier molecular flexibility index (Phi) is 4.85. The molecule has 4 aromatic rings. The van der Waals surface area contributed by atoms with Gasteiger partial charge in [0.1, 0.15) is 0 Å². The van der Waals surface area contributed by atoms with E-state index in [0.29, 0.717) is 17.8 Å². The monoisotopic (exact) mass is 371 g/mol. The van der Waals surface area contributed by atoms with E-state index >= 15 is 0 Å². The average molecular weight is 371 g/mol. The zero-order chi connectivity index (χ0) is 19.5. The van der Waals surface area contributed by atoms with E-state index in [2.05, 4.69) is 17.0 Å². The summed E-state index contributed by atoms with van der Waals surface area (Å²) in [5.41, 5.74) is 3.00. The van der Waals surface area contributed by atoms with Crippen LogP contribution in [0.2, 0.25) is 0 Å². The molecule has 3 aromatic heterocycles. The molecule has 1 amide bonds. The fourth-order valence-electron chi connectivity index (χ4n) is 3.21. The number of pyridine rings is 2. The van der Waals surface area contributed by atoms with E-state index in [9.17, 15) is 4.79 Å². The third kappa shape index (κ3) is 3.36. The minimum absolute atomic E-state index is 0.00109. The number of para-hydroxylation sites is 1. The van der Waals surface area contributed by atoms with Gasteiger partial charge in [0.15, 0.2) is 5.82 Å². The average Bonchev–Trinajstić information content (AvgIpc) is 3.23. The Labute approximate surface area is 163 Å². The molecule has 0 radical (unpaired) electrons. The number of hydrogen-bond acceptors (Lipinski definition) is 4. The van der Waals surface area contributed by atoms with Gasteiger partial charge >= 0.3 is 0 Å². The van der Waals surface area contributed by atoms with Crippen molar-refractivity contribution in [2.24, 2.45) is 0 Å². The molecule has 28 heavy (non-hydrogen) atoms. The molecule has 0 N–H and O–H groups in total. The van der Waals surface area contributed by atoms with E-state index in [1.165, 1.54) is 0 Å². The molecule has 0 saturated carbocycles. The number of aromatic nitrogens is 4. The number of carbonyl (C=O) groups is 1. The number of benzene rings is 1. The Balaban J connectivity index is 1.80. The Morgan fingerprint density at radius 1 is 1.14 bits per heavy atom. The highest BCUT2D eigenvalue weighted by Gasteiger charge is 2.17. The van der Waals surface area contributed by atoms with Crippen LogP contribution in [0.4, 0.5) is 0 Å². The van der Waals surface area contributed by atoms with Gasteiger partial charge in [0.25, 0.3) is 5.91 Å². The van der Waals surface area contributed by atoms with Crippen molar-refractivity contribution in [2.75, 3.05) is 13.6 Å². The van der Waals surface area contributed by atoms with Gasteiger partial charge in [-0.3, -0.25) is 4.79 Å². The van der Waals surface area contributed by atoms with E-state index in [4.69, 9.17) is 4.98 Å². The molecule has 0 atom stereocenters. The van der Waals surface area contributed by atoms with Crippen molar-refractivity contribution < 1.29 is 4.79 Å². The molecular formula is C22H21N5O. The van der Waals surface area contributed by atoms with Gasteiger partial charge < -0.3 is 4.90 Å². The normalized spacial score (nSPS) is 10.9. The molecule has 0 bridgehead atoms. The molecule has 0 aliphatic carbocycles. The molecule has 0 unspecified atom stereocenters. The Morgan fingerprint density at radius 2 is 1.96 bits per heavy atom. The number of hydrogen-bond donors (Lipinski definition) is 0. The van der Waals surface area contributed by atoms with Crippen molar-refractivity contribution in [2.45, 2.75) is 13.3 Å². The number of carbonyl (C=O) groups excluding carboxylic acids is 1. The van der Waals surface area contributed by atoms with Crippen LogP contribution in [0.25, 0.3) is 28.0 Å². The topological polar surface area (TPSA) is 63.9 Å². The zero-order valence-electron chi connectivity index (χ0n) is 15.9. The van der Waals surface area contributed by atoms with Crippen LogP contribution in [-0.2, 0) is 0 Å². The number of fused-ring (bicyclic) bond motifs is 1. The second-order valence-corrected chi connectivity index (χ2v) is 6.66. The van der Waals surface area contributed by atoms with E-state index in [1.54, 1.807) is 22.0 Å². The van der Waals surface area contributed by atoms with Crippen LogP contribution in [0, 0.1) is 0 Å². The summed E-state index contributed by atoms with van der Waals surface area (Å²) < 4.78 is 1.71. The quantitative estimate of drug-likeness (QED) is 0.533. The maximum absolute atomic E-state index is 13.0. The third-order valence-electron chi connectivity index (χ3n) is 4.61. The Bertz CT molecular complexity index is 1120. The molecule has 3 heterocycles. The molecule has 140 valence electrons. The van der Waals surface area contributed by atoms with Crippen molar-refractivity contribution in [3.63, 3.8) is 0 Å². The minimum atomic E-state index is -0.00109. The number of rotatable bonds is 5. The Hall–Kier alpha value is -3.54. The zero-order valence-corrected chi connectivity index (χ0v) is 15.9. The lowest BCUT2D eigenvalue weighted by atomic mass is 10.0. The molecule has 6 nitrogen and oxygen atoms in total. The molecule has 0 aliphatic rings. The highest BCUT2D eigenvalue weighted by atomic mass is 16.2. The first kappa shape index (κ1) is 17.9. The smallest absolute Gasteiger partial charge is 0.254 e. The summed E-state index contributed by atoms with van der Waals surface area (Å²) >= 11 is 0. The lowest BCUT2D eigenvalue weighted by molar-refractivity contribution is 0.0797. The second kappa shape index (κ2) is 7.60. The summed E-state index contributed by atoms with van der Waals surface area (Å²) in [5.74, 6) is 0.729. The van der Waals surface area contributed by atoms with Crippen molar-refractivity contribution in [3.05, 3.63) is 72.7 Å². The fourth-order valence-corrected chi connectivity index (χ4v) is 3.21. The molecule has 6 heteroatoms. The molecule has 0 saturated heterocycles. The van der Waals surface area contributed by atoms with Gasteiger partial charge in [-0.25, -0.2) is 14.6 Å². The van der Waals surface area contributed by atoms with Gasteiger partial charge in [-0.05, 0) is 30.7 Å². The van der Waals surface area contributed by atoms with Crippen LogP contribution in [0.3, 0.4) is 0 Å². The van der Waals surface area contributed by atoms with Gasteiger partial charge in [0, 0.05) is 36.9 Å². The SMILES string of the molecule is CCCN(C)C(=O)c1cc(-c2cnn(-c3ccccn3)c2)nc2ccccc12. The van der Waals surface area contributed by atoms with Crippen molar-refractivity contribution in [1.82, 2.24) is 24.6 Å². The molecular weight excluding hydrogens is 350 g/mol. The predicted molar refractivity (Wildman–Crippen MR) is 109 cm³/mol. The van der Waals surface area contributed by atoms with Crippen LogP contribution in [0.1, 0.15) is 23.7 Å². The second-order valence-electron chi connectivity index (χ2n) is 6.66. The summed E-state index contributed by atoms with van der Waals surface area (Å²) in [7, 11) is 1.83. The molecule has 0 aliphatic heterocycles. The van der Waals surface area contributed by atoms with Crippen molar-refractivity contribution in [3.8, 4) is 17.1 Å². The fraction of sp³-hybridized carbons (Fsp3) is 0.182. The van der Waals surface area contributed by atoms with Crippen LogP contribution in [-0.4, -0.2) is 44.1 Å². The van der Waals surface area contributed by atoms with Gasteiger partial charge in [0.05, 0.1) is 23.0 Å². The van der Waals surface area contributed by atoms with Crippen LogP contribution < -0.4 is 0 Å². The van der Waals surface area contributed by atoms with Gasteiger partial charge in [-0.2, -0.15) is 5.10 Å². The third-order valence-corrected chi connectivity index (χ3v) is 4.61. The van der Waals surface area contributed by atoms with Crippen molar-refractivity contribution >= 4 is 16.8 Å². The summed E-state index contributed by atoms with van der Waals surface area (Å²) in [4.78, 5) is 23.8. The Morgan fingerprint density at radius 3 is 2.75 bits per heavy atom. The lowest BCUT2D eigenvalue weighted by Crippen LogP contribution is -2.27. The van der Waals surface area contributed by atoms with E-state index in [0.717, 1.165) is 28.7 Å². The van der Waals surface area contributed by atoms with Crippen LogP contribution in [0.15, 0.2) is 67.1 Å². The summed E-state index contributed by atoms with van der Waals surface area (Å²) in [5, 5.41) is 5.26. The van der Waals surface area contributed by atoms with Gasteiger partial charge in [-0.15, -0.1) is 0 Å². The molecule has 0 fully saturated rings. The van der Waals surface area contributed by atoms with Gasteiger partial charge in [-0.1, -0.05) is 31.2 Å². The highest BCUT2D eigenvalue weighted by molar-refractivity contribution is 6.07. The van der Waals surface area contributed by atoms with Crippen LogP contribution in [0.5, 0.6) is 0 Å². The maximum atomic E-state index is 13.0. The number of nitrogens with zero attached hydrogens (tertiary/aromatic N) is 5. The minimum Gasteiger partial charge on any atom is -0.342 e. The first-order valence-electron chi connectivity index (χ1n) is 9.29.